The van der Waals surface area contributed by atoms with Crippen molar-refractivity contribution < 1.29 is 13.2 Å². The molecule has 1 N–H and O–H groups in total. The second-order valence-electron chi connectivity index (χ2n) is 6.69. The highest BCUT2D eigenvalue weighted by molar-refractivity contribution is 7.89. The van der Waals surface area contributed by atoms with E-state index in [0.29, 0.717) is 5.75 Å². The van der Waals surface area contributed by atoms with E-state index in [9.17, 15) is 8.42 Å². The van der Waals surface area contributed by atoms with Gasteiger partial charge in [-0.05, 0) is 62.6 Å². The highest BCUT2D eigenvalue weighted by atomic mass is 32.2. The summed E-state index contributed by atoms with van der Waals surface area (Å²) in [6.45, 7) is 4.95. The molecular formula is C21H26N2O3S. The van der Waals surface area contributed by atoms with Crippen LogP contribution in [0.5, 0.6) is 5.75 Å². The SMILES string of the molecule is CCn1cc(CCC(C)NS(=O)(=O)c2ccc(OC)cc2)c2ccccc21. The molecule has 0 saturated heterocycles. The average Bonchev–Trinajstić information content (AvgIpc) is 3.04. The minimum atomic E-state index is -3.54. The summed E-state index contributed by atoms with van der Waals surface area (Å²) < 4.78 is 35.2. The standard InChI is InChI=1S/C21H26N2O3S/c1-4-23-15-17(20-7-5-6-8-21(20)23)10-9-16(2)22-27(24,25)19-13-11-18(26-3)12-14-19/h5-8,11-16,22H,4,9-10H2,1-3H3. The van der Waals surface area contributed by atoms with Gasteiger partial charge in [0.1, 0.15) is 5.75 Å². The number of aromatic nitrogens is 1. The zero-order valence-corrected chi connectivity index (χ0v) is 16.8. The van der Waals surface area contributed by atoms with Gasteiger partial charge < -0.3 is 9.30 Å². The Balaban J connectivity index is 1.68. The van der Waals surface area contributed by atoms with E-state index >= 15 is 0 Å². The van der Waals surface area contributed by atoms with Crippen molar-refractivity contribution in [3.05, 3.63) is 60.3 Å². The van der Waals surface area contributed by atoms with Gasteiger partial charge in [0.25, 0.3) is 0 Å². The largest absolute Gasteiger partial charge is 0.497 e. The van der Waals surface area contributed by atoms with Crippen LogP contribution in [0, 0.1) is 0 Å². The Labute approximate surface area is 161 Å². The van der Waals surface area contributed by atoms with Crippen LogP contribution in [-0.2, 0) is 23.0 Å². The smallest absolute Gasteiger partial charge is 0.240 e. The van der Waals surface area contributed by atoms with Crippen LogP contribution in [0.1, 0.15) is 25.8 Å². The molecule has 3 rings (SSSR count). The van der Waals surface area contributed by atoms with Gasteiger partial charge >= 0.3 is 0 Å². The van der Waals surface area contributed by atoms with Crippen molar-refractivity contribution in [2.24, 2.45) is 0 Å². The van der Waals surface area contributed by atoms with Gasteiger partial charge in [0.15, 0.2) is 0 Å². The van der Waals surface area contributed by atoms with Gasteiger partial charge in [-0.25, -0.2) is 13.1 Å². The third-order valence-corrected chi connectivity index (χ3v) is 6.39. The van der Waals surface area contributed by atoms with E-state index in [1.54, 1.807) is 31.4 Å². The van der Waals surface area contributed by atoms with Gasteiger partial charge in [-0.1, -0.05) is 18.2 Å². The number of benzene rings is 2. The third kappa shape index (κ3) is 4.34. The number of hydrogen-bond donors (Lipinski definition) is 1. The lowest BCUT2D eigenvalue weighted by atomic mass is 10.1. The highest BCUT2D eigenvalue weighted by Crippen LogP contribution is 2.23. The number of hydrogen-bond acceptors (Lipinski definition) is 3. The van der Waals surface area contributed by atoms with Crippen molar-refractivity contribution in [3.8, 4) is 5.75 Å². The molecule has 1 heterocycles. The summed E-state index contributed by atoms with van der Waals surface area (Å²) in [6.07, 6.45) is 3.72. The fourth-order valence-corrected chi connectivity index (χ4v) is 4.58. The number of nitrogens with zero attached hydrogens (tertiary/aromatic N) is 1. The summed E-state index contributed by atoms with van der Waals surface area (Å²) in [6, 6.07) is 14.6. The van der Waals surface area contributed by atoms with Crippen LogP contribution >= 0.6 is 0 Å². The summed E-state index contributed by atoms with van der Waals surface area (Å²) >= 11 is 0. The highest BCUT2D eigenvalue weighted by Gasteiger charge is 2.18. The Morgan fingerprint density at radius 3 is 2.48 bits per heavy atom. The van der Waals surface area contributed by atoms with E-state index in [0.717, 1.165) is 19.4 Å². The van der Waals surface area contributed by atoms with Crippen molar-refractivity contribution in [2.45, 2.75) is 44.2 Å². The zero-order chi connectivity index (χ0) is 19.4. The molecule has 144 valence electrons. The minimum absolute atomic E-state index is 0.166. The Kier molecular flexibility index (Phi) is 5.87. The average molecular weight is 387 g/mol. The van der Waals surface area contributed by atoms with Gasteiger partial charge in [-0.15, -0.1) is 0 Å². The molecule has 6 heteroatoms. The first-order chi connectivity index (χ1) is 12.9. The Bertz CT molecular complexity index is 1010. The quantitative estimate of drug-likeness (QED) is 0.637. The van der Waals surface area contributed by atoms with Gasteiger partial charge in [0, 0.05) is 29.7 Å². The van der Waals surface area contributed by atoms with Gasteiger partial charge in [-0.2, -0.15) is 0 Å². The van der Waals surface area contributed by atoms with E-state index < -0.39 is 10.0 Å². The Hall–Kier alpha value is -2.31. The molecule has 27 heavy (non-hydrogen) atoms. The summed E-state index contributed by atoms with van der Waals surface area (Å²) in [4.78, 5) is 0.248. The van der Waals surface area contributed by atoms with Crippen LogP contribution in [0.3, 0.4) is 0 Å². The summed E-state index contributed by atoms with van der Waals surface area (Å²) in [5.41, 5.74) is 2.48. The van der Waals surface area contributed by atoms with Gasteiger partial charge in [0.2, 0.25) is 10.0 Å². The molecule has 2 aromatic carbocycles. The fraction of sp³-hybridized carbons (Fsp3) is 0.333. The maximum absolute atomic E-state index is 12.6. The molecule has 0 aliphatic carbocycles. The van der Waals surface area contributed by atoms with Crippen molar-refractivity contribution in [2.75, 3.05) is 7.11 Å². The number of rotatable bonds is 8. The molecule has 0 aliphatic heterocycles. The van der Waals surface area contributed by atoms with E-state index in [1.165, 1.54) is 16.5 Å². The van der Waals surface area contributed by atoms with E-state index in [4.69, 9.17) is 4.74 Å². The number of sulfonamides is 1. The number of fused-ring (bicyclic) bond motifs is 1. The van der Waals surface area contributed by atoms with Crippen LogP contribution in [0.15, 0.2) is 59.6 Å². The monoisotopic (exact) mass is 386 g/mol. The Morgan fingerprint density at radius 2 is 1.81 bits per heavy atom. The van der Waals surface area contributed by atoms with E-state index in [2.05, 4.69) is 34.5 Å². The lowest BCUT2D eigenvalue weighted by molar-refractivity contribution is 0.414. The van der Waals surface area contributed by atoms with Crippen LogP contribution < -0.4 is 9.46 Å². The molecule has 0 aliphatic rings. The van der Waals surface area contributed by atoms with Crippen LogP contribution in [0.4, 0.5) is 0 Å². The normalized spacial score (nSPS) is 13.0. The molecule has 0 bridgehead atoms. The van der Waals surface area contributed by atoms with Crippen molar-refractivity contribution in [3.63, 3.8) is 0 Å². The molecule has 5 nitrogen and oxygen atoms in total. The number of methoxy groups -OCH3 is 1. The predicted molar refractivity (Wildman–Crippen MR) is 109 cm³/mol. The predicted octanol–water partition coefficient (Wildman–Crippen LogP) is 3.97. The maximum Gasteiger partial charge on any atom is 0.240 e. The summed E-state index contributed by atoms with van der Waals surface area (Å²) in [5.74, 6) is 0.634. The number of aryl methyl sites for hydroxylation is 2. The Morgan fingerprint density at radius 1 is 1.11 bits per heavy atom. The molecule has 0 amide bonds. The molecular weight excluding hydrogens is 360 g/mol. The minimum Gasteiger partial charge on any atom is -0.497 e. The second kappa shape index (κ2) is 8.15. The van der Waals surface area contributed by atoms with Crippen molar-refractivity contribution in [1.82, 2.24) is 9.29 Å². The molecule has 1 aromatic heterocycles. The fourth-order valence-electron chi connectivity index (χ4n) is 3.30. The topological polar surface area (TPSA) is 60.3 Å². The van der Waals surface area contributed by atoms with E-state index in [1.807, 2.05) is 19.1 Å². The number of para-hydroxylation sites is 1. The van der Waals surface area contributed by atoms with Crippen LogP contribution in [-0.4, -0.2) is 26.1 Å². The first kappa shape index (κ1) is 19.5. The number of ether oxygens (including phenoxy) is 1. The van der Waals surface area contributed by atoms with Crippen molar-refractivity contribution >= 4 is 20.9 Å². The molecule has 0 radical (unpaired) electrons. The first-order valence-electron chi connectivity index (χ1n) is 9.17. The van der Waals surface area contributed by atoms with Crippen LogP contribution in [0.2, 0.25) is 0 Å². The van der Waals surface area contributed by atoms with Crippen LogP contribution in [0.25, 0.3) is 10.9 Å². The summed E-state index contributed by atoms with van der Waals surface area (Å²) in [5, 5.41) is 1.24. The lowest BCUT2D eigenvalue weighted by Crippen LogP contribution is -2.32. The first-order valence-corrected chi connectivity index (χ1v) is 10.7. The summed E-state index contributed by atoms with van der Waals surface area (Å²) in [7, 11) is -1.99. The zero-order valence-electron chi connectivity index (χ0n) is 16.0. The lowest BCUT2D eigenvalue weighted by Gasteiger charge is -2.14. The second-order valence-corrected chi connectivity index (χ2v) is 8.41. The molecule has 1 atom stereocenters. The molecule has 0 saturated carbocycles. The molecule has 0 fully saturated rings. The molecule has 0 spiro atoms. The van der Waals surface area contributed by atoms with E-state index in [-0.39, 0.29) is 10.9 Å². The third-order valence-electron chi connectivity index (χ3n) is 4.78. The molecule has 3 aromatic rings. The van der Waals surface area contributed by atoms with Gasteiger partial charge in [0.05, 0.1) is 12.0 Å². The van der Waals surface area contributed by atoms with Crippen molar-refractivity contribution in [1.29, 1.82) is 0 Å². The van der Waals surface area contributed by atoms with Gasteiger partial charge in [-0.3, -0.25) is 0 Å². The maximum atomic E-state index is 12.6. The molecule has 1 unspecified atom stereocenters. The number of nitrogens with one attached hydrogen (secondary N) is 1.